The molecular weight excluding hydrogens is 569 g/mol. The predicted octanol–water partition coefficient (Wildman–Crippen LogP) is 7.26. The minimum Gasteiger partial charge on any atom is -0.484 e. The van der Waals surface area contributed by atoms with Gasteiger partial charge in [0.1, 0.15) is 5.75 Å². The Labute approximate surface area is 249 Å². The van der Waals surface area contributed by atoms with E-state index < -0.39 is 0 Å². The molecule has 1 heterocycles. The summed E-state index contributed by atoms with van der Waals surface area (Å²) >= 11 is 18.3. The molecule has 1 N–H and O–H groups in total. The number of carbonyl (C=O) groups is 2. The highest BCUT2D eigenvalue weighted by atomic mass is 35.5. The fraction of sp³-hybridized carbons (Fsp3) is 0.290. The normalized spacial score (nSPS) is 11.2. The summed E-state index contributed by atoms with van der Waals surface area (Å²) in [6.07, 6.45) is 2.63. The third-order valence-electron chi connectivity index (χ3n) is 6.48. The molecule has 3 aromatic carbocycles. The van der Waals surface area contributed by atoms with Crippen molar-refractivity contribution in [1.29, 1.82) is 0 Å². The van der Waals surface area contributed by atoms with E-state index in [2.05, 4.69) is 11.1 Å². The molecule has 0 atom stereocenters. The Morgan fingerprint density at radius 3 is 2.38 bits per heavy atom. The van der Waals surface area contributed by atoms with Gasteiger partial charge < -0.3 is 19.5 Å². The topological polar surface area (TPSA) is 65.6 Å². The maximum absolute atomic E-state index is 13.7. The van der Waals surface area contributed by atoms with Crippen LogP contribution < -0.4 is 4.74 Å². The lowest BCUT2D eigenvalue weighted by atomic mass is 10.1. The van der Waals surface area contributed by atoms with Crippen LogP contribution in [0.15, 0.2) is 72.9 Å². The van der Waals surface area contributed by atoms with Crippen molar-refractivity contribution in [2.45, 2.75) is 26.8 Å². The van der Waals surface area contributed by atoms with Crippen LogP contribution in [0.25, 0.3) is 10.9 Å². The highest BCUT2D eigenvalue weighted by Crippen LogP contribution is 2.24. The van der Waals surface area contributed by atoms with E-state index in [1.807, 2.05) is 44.3 Å². The van der Waals surface area contributed by atoms with Crippen molar-refractivity contribution in [3.8, 4) is 5.75 Å². The number of aromatic amines is 1. The predicted molar refractivity (Wildman–Crippen MR) is 162 cm³/mol. The Kier molecular flexibility index (Phi) is 10.4. The van der Waals surface area contributed by atoms with Gasteiger partial charge in [0.2, 0.25) is 5.91 Å². The summed E-state index contributed by atoms with van der Waals surface area (Å²) in [6.45, 7) is 5.01. The first-order valence-corrected chi connectivity index (χ1v) is 14.3. The monoisotopic (exact) mass is 599 g/mol. The molecule has 210 valence electrons. The van der Waals surface area contributed by atoms with Crippen molar-refractivity contribution < 1.29 is 14.3 Å². The van der Waals surface area contributed by atoms with Crippen LogP contribution in [-0.2, 0) is 22.6 Å². The second-order valence-electron chi connectivity index (χ2n) is 10.1. The molecule has 9 heteroatoms. The highest BCUT2D eigenvalue weighted by Gasteiger charge is 2.23. The number of fused-ring (bicyclic) bond motifs is 1. The fourth-order valence-electron chi connectivity index (χ4n) is 4.47. The number of benzene rings is 3. The summed E-state index contributed by atoms with van der Waals surface area (Å²) in [4.78, 5) is 33.5. The molecule has 0 radical (unpaired) electrons. The first-order valence-electron chi connectivity index (χ1n) is 13.1. The van der Waals surface area contributed by atoms with Gasteiger partial charge in [0.15, 0.2) is 6.61 Å². The molecule has 0 aliphatic carbocycles. The molecule has 0 fully saturated rings. The second-order valence-corrected chi connectivity index (χ2v) is 11.3. The van der Waals surface area contributed by atoms with Gasteiger partial charge in [-0.05, 0) is 65.9 Å². The Morgan fingerprint density at radius 1 is 0.900 bits per heavy atom. The maximum atomic E-state index is 13.7. The number of para-hydroxylation sites is 1. The molecule has 0 saturated carbocycles. The van der Waals surface area contributed by atoms with E-state index in [-0.39, 0.29) is 30.9 Å². The van der Waals surface area contributed by atoms with E-state index >= 15 is 0 Å². The van der Waals surface area contributed by atoms with E-state index in [9.17, 15) is 9.59 Å². The van der Waals surface area contributed by atoms with Crippen molar-refractivity contribution >= 4 is 57.5 Å². The van der Waals surface area contributed by atoms with Crippen molar-refractivity contribution in [2.24, 2.45) is 5.92 Å². The molecule has 4 rings (SSSR count). The van der Waals surface area contributed by atoms with Crippen molar-refractivity contribution in [1.82, 2.24) is 14.8 Å². The number of halogens is 3. The first-order chi connectivity index (χ1) is 19.2. The quantitative estimate of drug-likeness (QED) is 0.186. The van der Waals surface area contributed by atoms with Gasteiger partial charge in [-0.2, -0.15) is 0 Å². The average molecular weight is 601 g/mol. The number of rotatable bonds is 12. The van der Waals surface area contributed by atoms with Crippen molar-refractivity contribution in [3.05, 3.63) is 99.1 Å². The standard InChI is InChI=1S/C31H32Cl3N3O3/c1-21(2)17-37(31(39)20-40-25-10-8-24(32)9-11-25)19-30(38)36(18-22-7-12-27(33)28(34)15-22)14-13-23-16-35-29-6-4-3-5-26(23)29/h3-12,15-16,21,35H,13-14,17-20H2,1-2H3. The van der Waals surface area contributed by atoms with Gasteiger partial charge in [0.25, 0.3) is 5.91 Å². The fourth-order valence-corrected chi connectivity index (χ4v) is 4.92. The summed E-state index contributed by atoms with van der Waals surface area (Å²) in [7, 11) is 0. The molecule has 40 heavy (non-hydrogen) atoms. The van der Waals surface area contributed by atoms with Crippen LogP contribution in [0.1, 0.15) is 25.0 Å². The number of nitrogens with one attached hydrogen (secondary N) is 1. The van der Waals surface area contributed by atoms with Gasteiger partial charge in [-0.3, -0.25) is 9.59 Å². The summed E-state index contributed by atoms with van der Waals surface area (Å²) < 4.78 is 5.68. The average Bonchev–Trinajstić information content (AvgIpc) is 3.35. The Balaban J connectivity index is 1.49. The highest BCUT2D eigenvalue weighted by molar-refractivity contribution is 6.42. The molecule has 0 unspecified atom stereocenters. The number of amides is 2. The summed E-state index contributed by atoms with van der Waals surface area (Å²) in [6, 6.07) is 20.2. The lowest BCUT2D eigenvalue weighted by Crippen LogP contribution is -2.46. The van der Waals surface area contributed by atoms with Crippen LogP contribution in [0.2, 0.25) is 15.1 Å². The zero-order chi connectivity index (χ0) is 28.6. The van der Waals surface area contributed by atoms with Gasteiger partial charge in [-0.1, -0.05) is 72.9 Å². The number of carbonyl (C=O) groups excluding carboxylic acids is 2. The van der Waals surface area contributed by atoms with Crippen LogP contribution in [0.5, 0.6) is 5.75 Å². The number of hydrogen-bond acceptors (Lipinski definition) is 3. The third kappa shape index (κ3) is 8.17. The Hall–Kier alpha value is -3.19. The maximum Gasteiger partial charge on any atom is 0.260 e. The SMILES string of the molecule is CC(C)CN(CC(=O)N(CCc1c[nH]c2ccccc12)Cc1ccc(Cl)c(Cl)c1)C(=O)COc1ccc(Cl)cc1. The van der Waals surface area contributed by atoms with Crippen LogP contribution in [0.3, 0.4) is 0 Å². The molecule has 1 aromatic heterocycles. The van der Waals surface area contributed by atoms with Crippen molar-refractivity contribution in [2.75, 3.05) is 26.2 Å². The number of aromatic nitrogens is 1. The Bertz CT molecular complexity index is 1450. The largest absolute Gasteiger partial charge is 0.484 e. The van der Waals surface area contributed by atoms with Crippen LogP contribution in [0, 0.1) is 5.92 Å². The van der Waals surface area contributed by atoms with Gasteiger partial charge in [0, 0.05) is 41.8 Å². The second kappa shape index (κ2) is 13.9. The van der Waals surface area contributed by atoms with Crippen LogP contribution in [-0.4, -0.2) is 52.8 Å². The zero-order valence-electron chi connectivity index (χ0n) is 22.5. The summed E-state index contributed by atoms with van der Waals surface area (Å²) in [5, 5.41) is 2.59. The van der Waals surface area contributed by atoms with Crippen LogP contribution >= 0.6 is 34.8 Å². The third-order valence-corrected chi connectivity index (χ3v) is 7.47. The summed E-state index contributed by atoms with van der Waals surface area (Å²) in [5.74, 6) is 0.282. The van der Waals surface area contributed by atoms with E-state index in [4.69, 9.17) is 39.5 Å². The first kappa shape index (κ1) is 29.8. The van der Waals surface area contributed by atoms with E-state index in [0.29, 0.717) is 46.9 Å². The van der Waals surface area contributed by atoms with E-state index in [1.165, 1.54) is 0 Å². The van der Waals surface area contributed by atoms with E-state index in [0.717, 1.165) is 22.0 Å². The van der Waals surface area contributed by atoms with Gasteiger partial charge >= 0.3 is 0 Å². The van der Waals surface area contributed by atoms with Crippen molar-refractivity contribution in [3.63, 3.8) is 0 Å². The van der Waals surface area contributed by atoms with E-state index in [1.54, 1.807) is 46.2 Å². The van der Waals surface area contributed by atoms with Crippen LogP contribution in [0.4, 0.5) is 0 Å². The molecular formula is C31H32Cl3N3O3. The van der Waals surface area contributed by atoms with Gasteiger partial charge in [0.05, 0.1) is 16.6 Å². The molecule has 0 spiro atoms. The zero-order valence-corrected chi connectivity index (χ0v) is 24.8. The number of H-pyrrole nitrogens is 1. The molecule has 2 amide bonds. The molecule has 6 nitrogen and oxygen atoms in total. The number of ether oxygens (including phenoxy) is 1. The Morgan fingerprint density at radius 2 is 1.65 bits per heavy atom. The molecule has 0 saturated heterocycles. The lowest BCUT2D eigenvalue weighted by molar-refractivity contribution is -0.142. The molecule has 0 bridgehead atoms. The minimum atomic E-state index is -0.261. The number of hydrogen-bond donors (Lipinski definition) is 1. The minimum absolute atomic E-state index is 0.0593. The molecule has 4 aromatic rings. The smallest absolute Gasteiger partial charge is 0.260 e. The summed E-state index contributed by atoms with van der Waals surface area (Å²) in [5.41, 5.74) is 3.03. The number of nitrogens with zero attached hydrogens (tertiary/aromatic N) is 2. The van der Waals surface area contributed by atoms with Gasteiger partial charge in [-0.25, -0.2) is 0 Å². The lowest BCUT2D eigenvalue weighted by Gasteiger charge is -2.29. The van der Waals surface area contributed by atoms with Gasteiger partial charge in [-0.15, -0.1) is 0 Å². The molecule has 0 aliphatic heterocycles. The molecule has 0 aliphatic rings.